The van der Waals surface area contributed by atoms with Crippen LogP contribution in [0.1, 0.15) is 41.4 Å². The maximum absolute atomic E-state index is 13.3. The number of hydrogen-bond acceptors (Lipinski definition) is 4. The summed E-state index contributed by atoms with van der Waals surface area (Å²) in [5.74, 6) is -0.463. The van der Waals surface area contributed by atoms with Gasteiger partial charge in [0.15, 0.2) is 0 Å². The zero-order valence-corrected chi connectivity index (χ0v) is 17.2. The molecule has 0 unspecified atom stereocenters. The molecule has 0 radical (unpaired) electrons. The van der Waals surface area contributed by atoms with E-state index in [2.05, 4.69) is 9.88 Å². The normalized spacial score (nSPS) is 15.1. The Hall–Kier alpha value is -2.80. The van der Waals surface area contributed by atoms with Crippen molar-refractivity contribution in [2.75, 3.05) is 13.1 Å². The smallest absolute Gasteiger partial charge is 0.348 e. The maximum atomic E-state index is 13.3. The van der Waals surface area contributed by atoms with Crippen LogP contribution >= 0.6 is 11.3 Å². The third-order valence-electron chi connectivity index (χ3n) is 5.26. The van der Waals surface area contributed by atoms with E-state index in [1.807, 2.05) is 19.9 Å². The number of aliphatic imine (C=N–C) groups is 1. The second-order valence-electron chi connectivity index (χ2n) is 7.30. The second kappa shape index (κ2) is 7.91. The summed E-state index contributed by atoms with van der Waals surface area (Å²) in [4.78, 5) is 24.4. The highest BCUT2D eigenvalue weighted by Gasteiger charge is 2.22. The number of carbonyl (C=O) groups is 1. The molecule has 3 heterocycles. The maximum Gasteiger partial charge on any atom is 0.348 e. The Balaban J connectivity index is 1.84. The van der Waals surface area contributed by atoms with Crippen LogP contribution in [0.5, 0.6) is 0 Å². The van der Waals surface area contributed by atoms with Crippen LogP contribution in [0, 0.1) is 12.7 Å². The van der Waals surface area contributed by atoms with E-state index in [4.69, 9.17) is 4.99 Å². The van der Waals surface area contributed by atoms with Gasteiger partial charge < -0.3 is 10.0 Å². The molecule has 0 aliphatic carbocycles. The average Bonchev–Trinajstić information content (AvgIpc) is 3.08. The lowest BCUT2D eigenvalue weighted by molar-refractivity contribution is 0.0703. The van der Waals surface area contributed by atoms with E-state index in [9.17, 15) is 14.3 Å². The number of nitrogens with zero attached hydrogens (tertiary/aromatic N) is 3. The minimum atomic E-state index is -0.999. The van der Waals surface area contributed by atoms with E-state index in [1.165, 1.54) is 18.6 Å². The van der Waals surface area contributed by atoms with Crippen LogP contribution in [-0.2, 0) is 0 Å². The number of pyridine rings is 1. The highest BCUT2D eigenvalue weighted by atomic mass is 32.1. The van der Waals surface area contributed by atoms with E-state index >= 15 is 0 Å². The lowest BCUT2D eigenvalue weighted by Gasteiger charge is -2.28. The Kier molecular flexibility index (Phi) is 5.32. The van der Waals surface area contributed by atoms with Crippen molar-refractivity contribution >= 4 is 39.0 Å². The van der Waals surface area contributed by atoms with Gasteiger partial charge in [0, 0.05) is 24.0 Å². The van der Waals surface area contributed by atoms with Gasteiger partial charge in [-0.1, -0.05) is 0 Å². The van der Waals surface area contributed by atoms with Gasteiger partial charge in [0.25, 0.3) is 0 Å². The predicted molar refractivity (Wildman–Crippen MR) is 115 cm³/mol. The molecule has 2 aromatic heterocycles. The Morgan fingerprint density at radius 2 is 1.90 bits per heavy atom. The van der Waals surface area contributed by atoms with Crippen molar-refractivity contribution in [1.29, 1.82) is 0 Å². The van der Waals surface area contributed by atoms with Crippen molar-refractivity contribution in [3.63, 3.8) is 0 Å². The molecule has 0 saturated carbocycles. The summed E-state index contributed by atoms with van der Waals surface area (Å²) in [5, 5.41) is 10.5. The Morgan fingerprint density at radius 1 is 1.21 bits per heavy atom. The van der Waals surface area contributed by atoms with Gasteiger partial charge in [-0.25, -0.2) is 19.2 Å². The number of amidine groups is 1. The Morgan fingerprint density at radius 3 is 2.55 bits per heavy atom. The van der Waals surface area contributed by atoms with Crippen LogP contribution in [0.15, 0.2) is 35.3 Å². The third kappa shape index (κ3) is 3.87. The van der Waals surface area contributed by atoms with Gasteiger partial charge >= 0.3 is 5.97 Å². The van der Waals surface area contributed by atoms with Crippen LogP contribution in [0.2, 0.25) is 0 Å². The fourth-order valence-electron chi connectivity index (χ4n) is 3.73. The third-order valence-corrected chi connectivity index (χ3v) is 6.32. The fourth-order valence-corrected chi connectivity index (χ4v) is 4.76. The first-order chi connectivity index (χ1) is 13.9. The second-order valence-corrected chi connectivity index (χ2v) is 8.30. The van der Waals surface area contributed by atoms with E-state index in [0.29, 0.717) is 16.2 Å². The van der Waals surface area contributed by atoms with Crippen LogP contribution in [0.3, 0.4) is 0 Å². The number of thiophene rings is 1. The van der Waals surface area contributed by atoms with Crippen molar-refractivity contribution in [2.24, 2.45) is 4.99 Å². The SMILES string of the molecule is CC(=Nc1c(C(=O)O)sc2nc(-c3ccc(F)cc3)cc(C)c12)N1CCCCC1. The Bertz CT molecular complexity index is 1100. The number of rotatable bonds is 3. The largest absolute Gasteiger partial charge is 0.477 e. The molecule has 1 fully saturated rings. The molecule has 1 aliphatic rings. The highest BCUT2D eigenvalue weighted by molar-refractivity contribution is 7.21. The number of carboxylic acids is 1. The first-order valence-electron chi connectivity index (χ1n) is 9.67. The lowest BCUT2D eigenvalue weighted by atomic mass is 10.1. The monoisotopic (exact) mass is 411 g/mol. The number of fused-ring (bicyclic) bond motifs is 1. The lowest BCUT2D eigenvalue weighted by Crippen LogP contribution is -2.33. The first-order valence-corrected chi connectivity index (χ1v) is 10.5. The number of aromatic carboxylic acids is 1. The van der Waals surface area contributed by atoms with Gasteiger partial charge in [0.2, 0.25) is 0 Å². The zero-order chi connectivity index (χ0) is 20.5. The number of hydrogen-bond donors (Lipinski definition) is 1. The van der Waals surface area contributed by atoms with Gasteiger partial charge in [-0.15, -0.1) is 11.3 Å². The minimum Gasteiger partial charge on any atom is -0.477 e. The van der Waals surface area contributed by atoms with Gasteiger partial charge in [-0.05, 0) is 69.0 Å². The summed E-state index contributed by atoms with van der Waals surface area (Å²) in [6.45, 7) is 5.78. The molecule has 7 heteroatoms. The topological polar surface area (TPSA) is 65.8 Å². The number of carboxylic acid groups (broad SMARTS) is 1. The molecule has 1 aliphatic heterocycles. The number of likely N-dealkylation sites (tertiary alicyclic amines) is 1. The van der Waals surface area contributed by atoms with Crippen molar-refractivity contribution in [3.05, 3.63) is 46.6 Å². The fraction of sp³-hybridized carbons (Fsp3) is 0.318. The molecule has 150 valence electrons. The van der Waals surface area contributed by atoms with Crippen molar-refractivity contribution < 1.29 is 14.3 Å². The van der Waals surface area contributed by atoms with Gasteiger partial charge in [-0.2, -0.15) is 0 Å². The van der Waals surface area contributed by atoms with Crippen molar-refractivity contribution in [2.45, 2.75) is 33.1 Å². The van der Waals surface area contributed by atoms with Crippen molar-refractivity contribution in [1.82, 2.24) is 9.88 Å². The number of aromatic nitrogens is 1. The predicted octanol–water partition coefficient (Wildman–Crippen LogP) is 5.64. The van der Waals surface area contributed by atoms with E-state index < -0.39 is 5.97 Å². The van der Waals surface area contributed by atoms with Crippen LogP contribution < -0.4 is 0 Å². The molecule has 0 bridgehead atoms. The van der Waals surface area contributed by atoms with Crippen LogP contribution in [0.25, 0.3) is 21.5 Å². The molecular formula is C22H22FN3O2S. The van der Waals surface area contributed by atoms with E-state index in [1.54, 1.807) is 12.1 Å². The zero-order valence-electron chi connectivity index (χ0n) is 16.4. The van der Waals surface area contributed by atoms with Gasteiger partial charge in [-0.3, -0.25) is 0 Å². The molecule has 1 aromatic carbocycles. The number of benzene rings is 1. The molecule has 0 amide bonds. The molecule has 5 nitrogen and oxygen atoms in total. The molecule has 0 spiro atoms. The molecular weight excluding hydrogens is 389 g/mol. The summed E-state index contributed by atoms with van der Waals surface area (Å²) < 4.78 is 13.3. The van der Waals surface area contributed by atoms with Crippen molar-refractivity contribution in [3.8, 4) is 11.3 Å². The molecule has 1 N–H and O–H groups in total. The highest BCUT2D eigenvalue weighted by Crippen LogP contribution is 2.40. The van der Waals surface area contributed by atoms with Crippen LogP contribution in [-0.4, -0.2) is 39.9 Å². The average molecular weight is 412 g/mol. The standard InChI is InChI=1S/C22H22FN3O2S/c1-13-12-17(15-6-8-16(23)9-7-15)25-21-18(13)19(20(29-21)22(27)28)24-14(2)26-10-4-3-5-11-26/h6-9,12H,3-5,10-11H2,1-2H3,(H,27,28). The molecule has 3 aromatic rings. The van der Waals surface area contributed by atoms with Gasteiger partial charge in [0.05, 0.1) is 5.69 Å². The minimum absolute atomic E-state index is 0.197. The molecule has 0 atom stereocenters. The number of halogens is 1. The molecule has 4 rings (SSSR count). The Labute approximate surface area is 172 Å². The van der Waals surface area contributed by atoms with E-state index in [0.717, 1.165) is 59.6 Å². The first kappa shape index (κ1) is 19.5. The van der Waals surface area contributed by atoms with Gasteiger partial charge in [0.1, 0.15) is 27.0 Å². The summed E-state index contributed by atoms with van der Waals surface area (Å²) >= 11 is 1.14. The summed E-state index contributed by atoms with van der Waals surface area (Å²) in [5.41, 5.74) is 2.87. The quantitative estimate of drug-likeness (QED) is 0.447. The van der Waals surface area contributed by atoms with Crippen LogP contribution in [0.4, 0.5) is 10.1 Å². The summed E-state index contributed by atoms with van der Waals surface area (Å²) in [6.07, 6.45) is 3.48. The molecule has 29 heavy (non-hydrogen) atoms. The number of piperidine rings is 1. The summed E-state index contributed by atoms with van der Waals surface area (Å²) in [6, 6.07) is 8.04. The van der Waals surface area contributed by atoms with E-state index in [-0.39, 0.29) is 10.7 Å². The number of aryl methyl sites for hydroxylation is 1. The summed E-state index contributed by atoms with van der Waals surface area (Å²) in [7, 11) is 0. The molecule has 1 saturated heterocycles.